The number of nitrogens with zero attached hydrogens (tertiary/aromatic N) is 1. The quantitative estimate of drug-likeness (QED) is 0.164. The first-order valence-electron chi connectivity index (χ1n) is 28.1. The van der Waals surface area contributed by atoms with Crippen molar-refractivity contribution < 1.29 is 9.47 Å². The highest BCUT2D eigenvalue weighted by molar-refractivity contribution is 6.20. The normalized spacial score (nSPS) is 15.5. The van der Waals surface area contributed by atoms with Gasteiger partial charge in [0.25, 0.3) is 0 Å². The molecule has 12 aromatic carbocycles. The van der Waals surface area contributed by atoms with Gasteiger partial charge in [0, 0.05) is 33.9 Å². The zero-order valence-corrected chi connectivity index (χ0v) is 43.8. The highest BCUT2D eigenvalue weighted by Gasteiger charge is 2.53. The molecule has 0 unspecified atom stereocenters. The predicted octanol–water partition coefficient (Wildman–Crippen LogP) is 19.6. The van der Waals surface area contributed by atoms with Crippen molar-refractivity contribution in [3.63, 3.8) is 0 Å². The molecule has 5 aliphatic rings. The standard InChI is InChI=1S/C77H51NO2/c1-3-23-49(24-4-1)73-54-46-44-52(78-67-37-17-11-31-61(67)77(62-32-12-18-38-68(62)78)65-35-15-21-41-71(65)80-72-42-22-16-36-66(72)77)48-58(54)74(50-25-5-2-6-26-50)53-45-43-51(47-57(53)73)75-55-27-7-9-29-59(55)76(60-30-10-8-28-56(60)75)63-33-13-19-39-69(63)79-70-40-20-14-34-64(70)76/h1-5,7-25,27-48,75H,6,26H2. The van der Waals surface area contributed by atoms with E-state index in [1.54, 1.807) is 0 Å². The van der Waals surface area contributed by atoms with Crippen molar-refractivity contribution >= 4 is 44.2 Å². The molecule has 0 atom stereocenters. The molecule has 0 radical (unpaired) electrons. The highest BCUT2D eigenvalue weighted by atomic mass is 16.5. The molecule has 12 aromatic rings. The largest absolute Gasteiger partial charge is 0.457 e. The molecule has 80 heavy (non-hydrogen) atoms. The molecule has 2 spiro atoms. The molecular weight excluding hydrogens is 971 g/mol. The minimum absolute atomic E-state index is 0.0428. The summed E-state index contributed by atoms with van der Waals surface area (Å²) in [5, 5.41) is 4.99. The number of hydrogen-bond acceptors (Lipinski definition) is 3. The zero-order valence-electron chi connectivity index (χ0n) is 43.8. The molecule has 0 aromatic heterocycles. The number of ether oxygens (including phenoxy) is 2. The average molecular weight is 1020 g/mol. The second-order valence-corrected chi connectivity index (χ2v) is 22.0. The van der Waals surface area contributed by atoms with E-state index in [4.69, 9.17) is 9.47 Å². The minimum Gasteiger partial charge on any atom is -0.457 e. The lowest BCUT2D eigenvalue weighted by Gasteiger charge is -2.48. The van der Waals surface area contributed by atoms with Crippen LogP contribution >= 0.6 is 0 Å². The van der Waals surface area contributed by atoms with E-state index in [1.165, 1.54) is 93.9 Å². The molecule has 376 valence electrons. The number of rotatable bonds is 4. The van der Waals surface area contributed by atoms with Gasteiger partial charge in [-0.2, -0.15) is 0 Å². The van der Waals surface area contributed by atoms with Gasteiger partial charge in [0.1, 0.15) is 23.0 Å². The Bertz CT molecular complexity index is 4450. The Kier molecular flexibility index (Phi) is 9.74. The smallest absolute Gasteiger partial charge is 0.132 e. The Hall–Kier alpha value is -9.96. The van der Waals surface area contributed by atoms with Gasteiger partial charge in [-0.15, -0.1) is 0 Å². The molecule has 17 rings (SSSR count). The number of anilines is 3. The van der Waals surface area contributed by atoms with E-state index in [0.717, 1.165) is 64.0 Å². The van der Waals surface area contributed by atoms with Gasteiger partial charge in [-0.3, -0.25) is 0 Å². The molecular formula is C77H51NO2. The number of fused-ring (bicyclic) bond motifs is 18. The van der Waals surface area contributed by atoms with E-state index in [9.17, 15) is 0 Å². The highest BCUT2D eigenvalue weighted by Crippen LogP contribution is 2.64. The monoisotopic (exact) mass is 1020 g/mol. The molecule has 3 aliphatic heterocycles. The molecule has 0 bridgehead atoms. The average Bonchev–Trinajstić information content (AvgIpc) is 3.48. The van der Waals surface area contributed by atoms with Gasteiger partial charge >= 0.3 is 0 Å². The molecule has 0 amide bonds. The first kappa shape index (κ1) is 45.1. The zero-order chi connectivity index (χ0) is 52.5. The predicted molar refractivity (Wildman–Crippen MR) is 326 cm³/mol. The molecule has 0 N–H and O–H groups in total. The topological polar surface area (TPSA) is 21.7 Å². The maximum Gasteiger partial charge on any atom is 0.132 e. The third-order valence-electron chi connectivity index (χ3n) is 18.2. The molecule has 0 saturated heterocycles. The molecule has 3 heterocycles. The van der Waals surface area contributed by atoms with Gasteiger partial charge in [0.2, 0.25) is 0 Å². The second kappa shape index (κ2) is 17.3. The van der Waals surface area contributed by atoms with Crippen LogP contribution in [0, 0.1) is 0 Å². The van der Waals surface area contributed by atoms with E-state index in [-0.39, 0.29) is 5.92 Å². The van der Waals surface area contributed by atoms with Gasteiger partial charge < -0.3 is 14.4 Å². The summed E-state index contributed by atoms with van der Waals surface area (Å²) in [6.45, 7) is 0. The lowest BCUT2D eigenvalue weighted by molar-refractivity contribution is 0.431. The van der Waals surface area contributed by atoms with Gasteiger partial charge in [-0.05, 0) is 150 Å². The van der Waals surface area contributed by atoms with Crippen LogP contribution in [0.4, 0.5) is 17.1 Å². The SMILES string of the molecule is C1=CCCC(c2c3cc(N4c5ccccc5C5(c6ccccc6Oc6ccccc65)c5ccccc54)ccc3c(-c3ccccc3)c3cc(C4c5ccccc5C5(c6ccccc6Oc6ccccc65)c5ccccc54)ccc23)=C1. The van der Waals surface area contributed by atoms with E-state index in [1.807, 2.05) is 0 Å². The van der Waals surface area contributed by atoms with Crippen molar-refractivity contribution in [3.8, 4) is 34.1 Å². The number of hydrogen-bond donors (Lipinski definition) is 0. The first-order valence-corrected chi connectivity index (χ1v) is 28.1. The fourth-order valence-electron chi connectivity index (χ4n) is 15.2. The van der Waals surface area contributed by atoms with E-state index in [2.05, 4.69) is 284 Å². The Labute approximate surface area is 465 Å². The summed E-state index contributed by atoms with van der Waals surface area (Å²) in [7, 11) is 0. The van der Waals surface area contributed by atoms with E-state index >= 15 is 0 Å². The summed E-state index contributed by atoms with van der Waals surface area (Å²) in [5.41, 5.74) is 20.8. The second-order valence-electron chi connectivity index (χ2n) is 22.0. The summed E-state index contributed by atoms with van der Waals surface area (Å²) in [6.07, 6.45) is 8.88. The fourth-order valence-corrected chi connectivity index (χ4v) is 15.2. The van der Waals surface area contributed by atoms with Crippen LogP contribution in [-0.2, 0) is 10.8 Å². The van der Waals surface area contributed by atoms with Crippen LogP contribution in [0.15, 0.2) is 279 Å². The van der Waals surface area contributed by atoms with Crippen LogP contribution in [0.25, 0.3) is 38.2 Å². The lowest BCUT2D eigenvalue weighted by atomic mass is 9.56. The van der Waals surface area contributed by atoms with Crippen LogP contribution in [-0.4, -0.2) is 0 Å². The third-order valence-corrected chi connectivity index (χ3v) is 18.2. The first-order chi connectivity index (χ1) is 39.7. The third kappa shape index (κ3) is 6.09. The number of allylic oxidation sites excluding steroid dienone is 4. The number of para-hydroxylation sites is 6. The maximum absolute atomic E-state index is 6.75. The molecule has 0 fully saturated rings. The van der Waals surface area contributed by atoms with Gasteiger partial charge in [-0.1, -0.05) is 224 Å². The Morgan fingerprint density at radius 2 is 0.800 bits per heavy atom. The van der Waals surface area contributed by atoms with E-state index < -0.39 is 10.8 Å². The van der Waals surface area contributed by atoms with E-state index in [0.29, 0.717) is 0 Å². The van der Waals surface area contributed by atoms with Gasteiger partial charge in [0.05, 0.1) is 22.2 Å². The molecule has 2 aliphatic carbocycles. The van der Waals surface area contributed by atoms with Crippen molar-refractivity contribution in [3.05, 3.63) is 346 Å². The van der Waals surface area contributed by atoms with Crippen molar-refractivity contribution in [2.24, 2.45) is 0 Å². The molecule has 3 heteroatoms. The minimum atomic E-state index is -0.621. The summed E-state index contributed by atoms with van der Waals surface area (Å²) in [6, 6.07) is 96.9. The lowest BCUT2D eigenvalue weighted by Crippen LogP contribution is -2.39. The van der Waals surface area contributed by atoms with Crippen molar-refractivity contribution in [1.82, 2.24) is 0 Å². The van der Waals surface area contributed by atoms with Crippen LogP contribution in [0.5, 0.6) is 23.0 Å². The van der Waals surface area contributed by atoms with Gasteiger partial charge in [0.15, 0.2) is 0 Å². The van der Waals surface area contributed by atoms with Crippen LogP contribution in [0.2, 0.25) is 0 Å². The van der Waals surface area contributed by atoms with Crippen LogP contribution in [0.1, 0.15) is 85.5 Å². The van der Waals surface area contributed by atoms with Crippen LogP contribution < -0.4 is 14.4 Å². The van der Waals surface area contributed by atoms with Gasteiger partial charge in [-0.25, -0.2) is 0 Å². The summed E-state index contributed by atoms with van der Waals surface area (Å²) in [4.78, 5) is 2.52. The molecule has 3 nitrogen and oxygen atoms in total. The fraction of sp³-hybridized carbons (Fsp3) is 0.0649. The summed E-state index contributed by atoms with van der Waals surface area (Å²) >= 11 is 0. The van der Waals surface area contributed by atoms with Crippen molar-refractivity contribution in [2.75, 3.05) is 4.90 Å². The summed E-state index contributed by atoms with van der Waals surface area (Å²) in [5.74, 6) is 3.52. The Balaban J connectivity index is 0.916. The van der Waals surface area contributed by atoms with Crippen molar-refractivity contribution in [2.45, 2.75) is 29.6 Å². The molecule has 0 saturated carbocycles. The van der Waals surface area contributed by atoms with Crippen molar-refractivity contribution in [1.29, 1.82) is 0 Å². The maximum atomic E-state index is 6.75. The Morgan fingerprint density at radius 1 is 0.362 bits per heavy atom. The summed E-state index contributed by atoms with van der Waals surface area (Å²) < 4.78 is 13.5. The number of benzene rings is 12. The Morgan fingerprint density at radius 3 is 1.34 bits per heavy atom. The van der Waals surface area contributed by atoms with Crippen LogP contribution in [0.3, 0.4) is 0 Å².